The molecule has 104 valence electrons. The van der Waals surface area contributed by atoms with Gasteiger partial charge in [-0.05, 0) is 27.2 Å². The molecule has 1 saturated heterocycles. The van der Waals surface area contributed by atoms with E-state index < -0.39 is 17.2 Å². The normalized spacial score (nSPS) is 23.8. The second-order valence-electron chi connectivity index (χ2n) is 5.68. The maximum absolute atomic E-state index is 12.1. The fraction of sp³-hybridized carbons (Fsp3) is 0.846. The minimum atomic E-state index is -0.891. The van der Waals surface area contributed by atoms with Gasteiger partial charge in [0, 0.05) is 19.4 Å². The monoisotopic (exact) mass is 257 g/mol. The molecule has 0 radical (unpaired) electrons. The number of hydrogen-bond donors (Lipinski definition) is 1. The standard InChI is InChI=1S/C13H23NO4/c1-5-6-10(15)13(7-8-17-9-13)14-11(16)18-12(2,3)4/h5-9H2,1-4H3,(H,14,16). The molecule has 1 N–H and O–H groups in total. The van der Waals surface area contributed by atoms with Crippen LogP contribution in [-0.2, 0) is 14.3 Å². The minimum absolute atomic E-state index is 0.0216. The summed E-state index contributed by atoms with van der Waals surface area (Å²) in [6, 6.07) is 0. The number of Topliss-reactive ketones (excluding diaryl/α,β-unsaturated/α-hetero) is 1. The molecule has 1 unspecified atom stereocenters. The molecule has 5 nitrogen and oxygen atoms in total. The highest BCUT2D eigenvalue weighted by molar-refractivity contribution is 5.92. The van der Waals surface area contributed by atoms with Crippen molar-refractivity contribution in [3.8, 4) is 0 Å². The summed E-state index contributed by atoms with van der Waals surface area (Å²) in [6.45, 7) is 8.04. The van der Waals surface area contributed by atoms with E-state index >= 15 is 0 Å². The number of alkyl carbamates (subject to hydrolysis) is 1. The first-order chi connectivity index (χ1) is 8.29. The van der Waals surface area contributed by atoms with Gasteiger partial charge in [0.2, 0.25) is 0 Å². The predicted molar refractivity (Wildman–Crippen MR) is 67.5 cm³/mol. The summed E-state index contributed by atoms with van der Waals surface area (Å²) in [5, 5.41) is 2.70. The van der Waals surface area contributed by atoms with Crippen LogP contribution in [0.2, 0.25) is 0 Å². The zero-order valence-electron chi connectivity index (χ0n) is 11.7. The van der Waals surface area contributed by atoms with Crippen molar-refractivity contribution < 1.29 is 19.1 Å². The molecular weight excluding hydrogens is 234 g/mol. The van der Waals surface area contributed by atoms with E-state index in [4.69, 9.17) is 9.47 Å². The van der Waals surface area contributed by atoms with Crippen molar-refractivity contribution in [1.29, 1.82) is 0 Å². The Bertz CT molecular complexity index is 313. The molecule has 1 heterocycles. The Morgan fingerprint density at radius 1 is 1.39 bits per heavy atom. The lowest BCUT2D eigenvalue weighted by atomic mass is 9.90. The smallest absolute Gasteiger partial charge is 0.408 e. The van der Waals surface area contributed by atoms with Crippen LogP contribution < -0.4 is 5.32 Å². The lowest BCUT2D eigenvalue weighted by Gasteiger charge is -2.29. The summed E-state index contributed by atoms with van der Waals surface area (Å²) in [5.74, 6) is 0.0216. The van der Waals surface area contributed by atoms with E-state index in [9.17, 15) is 9.59 Å². The maximum atomic E-state index is 12.1. The van der Waals surface area contributed by atoms with E-state index in [0.717, 1.165) is 6.42 Å². The molecule has 5 heteroatoms. The van der Waals surface area contributed by atoms with Gasteiger partial charge in [-0.3, -0.25) is 4.79 Å². The van der Waals surface area contributed by atoms with Crippen LogP contribution >= 0.6 is 0 Å². The van der Waals surface area contributed by atoms with E-state index in [0.29, 0.717) is 19.4 Å². The molecule has 1 fully saturated rings. The third-order valence-corrected chi connectivity index (χ3v) is 2.77. The molecule has 1 amide bonds. The highest BCUT2D eigenvalue weighted by Crippen LogP contribution is 2.23. The Labute approximate surface area is 108 Å². The van der Waals surface area contributed by atoms with Crippen LogP contribution in [0.5, 0.6) is 0 Å². The number of hydrogen-bond acceptors (Lipinski definition) is 4. The van der Waals surface area contributed by atoms with Crippen molar-refractivity contribution in [2.45, 2.75) is 58.1 Å². The molecule has 1 aliphatic heterocycles. The summed E-state index contributed by atoms with van der Waals surface area (Å²) in [4.78, 5) is 23.9. The molecular formula is C13H23NO4. The lowest BCUT2D eigenvalue weighted by molar-refractivity contribution is -0.125. The van der Waals surface area contributed by atoms with Gasteiger partial charge in [0.25, 0.3) is 0 Å². The van der Waals surface area contributed by atoms with Gasteiger partial charge in [0.15, 0.2) is 5.78 Å². The number of carbonyl (C=O) groups excluding carboxylic acids is 2. The Kier molecular flexibility index (Phi) is 4.73. The van der Waals surface area contributed by atoms with Crippen LogP contribution in [0, 0.1) is 0 Å². The van der Waals surface area contributed by atoms with Crippen LogP contribution in [0.25, 0.3) is 0 Å². The van der Waals surface area contributed by atoms with Crippen LogP contribution in [0.15, 0.2) is 0 Å². The average Bonchev–Trinajstić information content (AvgIpc) is 2.64. The van der Waals surface area contributed by atoms with Crippen LogP contribution in [0.1, 0.15) is 47.0 Å². The van der Waals surface area contributed by atoms with Crippen molar-refractivity contribution in [1.82, 2.24) is 5.32 Å². The second kappa shape index (κ2) is 5.69. The van der Waals surface area contributed by atoms with Crippen LogP contribution in [0.4, 0.5) is 4.79 Å². The number of ether oxygens (including phenoxy) is 2. The zero-order valence-corrected chi connectivity index (χ0v) is 11.7. The molecule has 1 aliphatic rings. The van der Waals surface area contributed by atoms with Crippen molar-refractivity contribution >= 4 is 11.9 Å². The third-order valence-electron chi connectivity index (χ3n) is 2.77. The van der Waals surface area contributed by atoms with Gasteiger partial charge in [-0.25, -0.2) is 4.79 Å². The van der Waals surface area contributed by atoms with E-state index in [1.807, 2.05) is 6.92 Å². The van der Waals surface area contributed by atoms with Gasteiger partial charge in [-0.1, -0.05) is 6.92 Å². The fourth-order valence-corrected chi connectivity index (χ4v) is 1.92. The second-order valence-corrected chi connectivity index (χ2v) is 5.68. The van der Waals surface area contributed by atoms with Gasteiger partial charge in [0.05, 0.1) is 6.61 Å². The van der Waals surface area contributed by atoms with E-state index in [1.54, 1.807) is 20.8 Å². The number of carbonyl (C=O) groups is 2. The molecule has 0 bridgehead atoms. The van der Waals surface area contributed by atoms with Crippen molar-refractivity contribution in [3.05, 3.63) is 0 Å². The fourth-order valence-electron chi connectivity index (χ4n) is 1.92. The van der Waals surface area contributed by atoms with Crippen LogP contribution in [0.3, 0.4) is 0 Å². The van der Waals surface area contributed by atoms with Crippen molar-refractivity contribution in [2.75, 3.05) is 13.2 Å². The quantitative estimate of drug-likeness (QED) is 0.837. The molecule has 0 aromatic rings. The average molecular weight is 257 g/mol. The molecule has 1 atom stereocenters. The van der Waals surface area contributed by atoms with Gasteiger partial charge in [0.1, 0.15) is 11.1 Å². The summed E-state index contributed by atoms with van der Waals surface area (Å²) < 4.78 is 10.5. The highest BCUT2D eigenvalue weighted by Gasteiger charge is 2.43. The van der Waals surface area contributed by atoms with Crippen molar-refractivity contribution in [2.24, 2.45) is 0 Å². The SMILES string of the molecule is CCCC(=O)C1(NC(=O)OC(C)(C)C)CCOC1. The Morgan fingerprint density at radius 3 is 2.50 bits per heavy atom. The van der Waals surface area contributed by atoms with Gasteiger partial charge in [-0.15, -0.1) is 0 Å². The topological polar surface area (TPSA) is 64.6 Å². The first kappa shape index (κ1) is 15.0. The highest BCUT2D eigenvalue weighted by atomic mass is 16.6. The largest absolute Gasteiger partial charge is 0.444 e. The van der Waals surface area contributed by atoms with Gasteiger partial charge >= 0.3 is 6.09 Å². The predicted octanol–water partition coefficient (Wildman–Crippen LogP) is 2.04. The number of amides is 1. The molecule has 0 saturated carbocycles. The summed E-state index contributed by atoms with van der Waals surface area (Å²) >= 11 is 0. The minimum Gasteiger partial charge on any atom is -0.444 e. The maximum Gasteiger partial charge on any atom is 0.408 e. The first-order valence-electron chi connectivity index (χ1n) is 6.41. The summed E-state index contributed by atoms with van der Waals surface area (Å²) in [5.41, 5.74) is -1.46. The molecule has 0 aromatic heterocycles. The number of rotatable bonds is 4. The van der Waals surface area contributed by atoms with E-state index in [-0.39, 0.29) is 12.4 Å². The first-order valence-corrected chi connectivity index (χ1v) is 6.41. The summed E-state index contributed by atoms with van der Waals surface area (Å²) in [6.07, 6.45) is 1.17. The molecule has 0 spiro atoms. The Balaban J connectivity index is 2.69. The molecule has 1 rings (SSSR count). The Morgan fingerprint density at radius 2 is 2.06 bits per heavy atom. The molecule has 0 aliphatic carbocycles. The zero-order chi connectivity index (χ0) is 13.8. The van der Waals surface area contributed by atoms with E-state index in [2.05, 4.69) is 5.32 Å². The third kappa shape index (κ3) is 3.98. The van der Waals surface area contributed by atoms with Gasteiger partial charge in [-0.2, -0.15) is 0 Å². The summed E-state index contributed by atoms with van der Waals surface area (Å²) in [7, 11) is 0. The Hall–Kier alpha value is -1.10. The van der Waals surface area contributed by atoms with Gasteiger partial charge < -0.3 is 14.8 Å². The molecule has 0 aromatic carbocycles. The van der Waals surface area contributed by atoms with Crippen LogP contribution in [-0.4, -0.2) is 36.2 Å². The lowest BCUT2D eigenvalue weighted by Crippen LogP contribution is -2.56. The number of nitrogens with one attached hydrogen (secondary N) is 1. The van der Waals surface area contributed by atoms with E-state index in [1.165, 1.54) is 0 Å². The molecule has 18 heavy (non-hydrogen) atoms. The van der Waals surface area contributed by atoms with Crippen molar-refractivity contribution in [3.63, 3.8) is 0 Å². The number of ketones is 1.